The number of rotatable bonds is 7. The number of nitrogens with zero attached hydrogens (tertiary/aromatic N) is 2. The van der Waals surface area contributed by atoms with Crippen molar-refractivity contribution >= 4 is 45.4 Å². The summed E-state index contributed by atoms with van der Waals surface area (Å²) in [4.78, 5) is 39.4. The third-order valence-corrected chi connectivity index (χ3v) is 5.27. The van der Waals surface area contributed by atoms with Crippen molar-refractivity contribution in [3.05, 3.63) is 83.9 Å². The van der Waals surface area contributed by atoms with Crippen LogP contribution in [0.2, 0.25) is 0 Å². The predicted octanol–water partition coefficient (Wildman–Crippen LogP) is 3.95. The van der Waals surface area contributed by atoms with Gasteiger partial charge in [-0.25, -0.2) is 0 Å². The van der Waals surface area contributed by atoms with Crippen LogP contribution >= 0.6 is 15.9 Å². The molecule has 1 aromatic heterocycles. The maximum atomic E-state index is 12.2. The van der Waals surface area contributed by atoms with Gasteiger partial charge in [0.15, 0.2) is 6.61 Å². The molecule has 0 spiro atoms. The average molecular weight is 515 g/mol. The van der Waals surface area contributed by atoms with Crippen LogP contribution in [0.15, 0.2) is 45.7 Å². The van der Waals surface area contributed by atoms with E-state index in [1.54, 1.807) is 30.3 Å². The van der Waals surface area contributed by atoms with Crippen LogP contribution in [0.3, 0.4) is 0 Å². The normalized spacial score (nSPS) is 10.9. The Bertz CT molecular complexity index is 1300. The lowest BCUT2D eigenvalue weighted by Gasteiger charge is -2.11. The summed E-state index contributed by atoms with van der Waals surface area (Å²) in [5.74, 6) is -0.840. The minimum Gasteiger partial charge on any atom is -0.488 e. The van der Waals surface area contributed by atoms with Gasteiger partial charge in [-0.1, -0.05) is 18.2 Å². The second kappa shape index (κ2) is 10.1. The largest absolute Gasteiger partial charge is 0.488 e. The first-order chi connectivity index (χ1) is 15.6. The number of aromatic amines is 1. The van der Waals surface area contributed by atoms with Crippen LogP contribution in [-0.2, 0) is 4.79 Å². The van der Waals surface area contributed by atoms with Gasteiger partial charge in [0.25, 0.3) is 11.8 Å². The van der Waals surface area contributed by atoms with E-state index in [2.05, 4.69) is 31.2 Å². The number of ether oxygens (including phenoxy) is 1. The van der Waals surface area contributed by atoms with Crippen LogP contribution in [0.4, 0.5) is 11.4 Å². The Morgan fingerprint density at radius 3 is 2.55 bits per heavy atom. The first kappa shape index (κ1) is 23.7. The van der Waals surface area contributed by atoms with Gasteiger partial charge in [0.1, 0.15) is 11.6 Å². The Kier molecular flexibility index (Phi) is 7.23. The maximum absolute atomic E-state index is 12.2. The molecule has 0 fully saturated rings. The molecular weight excluding hydrogens is 496 g/mol. The van der Waals surface area contributed by atoms with Crippen molar-refractivity contribution in [2.24, 2.45) is 0 Å². The lowest BCUT2D eigenvalue weighted by Crippen LogP contribution is -2.20. The minimum absolute atomic E-state index is 0.0439. The summed E-state index contributed by atoms with van der Waals surface area (Å²) in [5, 5.41) is 23.1. The minimum atomic E-state index is -1.05. The average Bonchev–Trinajstić information content (AvgIpc) is 2.74. The zero-order valence-electron chi connectivity index (χ0n) is 17.6. The highest BCUT2D eigenvalue weighted by molar-refractivity contribution is 9.10. The molecule has 1 amide bonds. The Morgan fingerprint density at radius 2 is 1.91 bits per heavy atom. The lowest BCUT2D eigenvalue weighted by molar-refractivity contribution is -0.387. The predicted molar refractivity (Wildman–Crippen MR) is 126 cm³/mol. The smallest absolute Gasteiger partial charge is 0.395 e. The molecule has 3 rings (SSSR count). The van der Waals surface area contributed by atoms with Crippen LogP contribution in [0.1, 0.15) is 22.5 Å². The summed E-state index contributed by atoms with van der Waals surface area (Å²) >= 11 is 3.43. The number of nitro groups is 1. The number of benzene rings is 2. The van der Waals surface area contributed by atoms with Crippen molar-refractivity contribution < 1.29 is 19.6 Å². The molecular formula is C22H19BrN4O6. The van der Waals surface area contributed by atoms with Gasteiger partial charge in [0, 0.05) is 4.47 Å². The van der Waals surface area contributed by atoms with Gasteiger partial charge in [-0.15, -0.1) is 0 Å². The summed E-state index contributed by atoms with van der Waals surface area (Å²) in [7, 11) is 0. The monoisotopic (exact) mass is 514 g/mol. The van der Waals surface area contributed by atoms with Gasteiger partial charge in [0.05, 0.1) is 10.6 Å². The van der Waals surface area contributed by atoms with Gasteiger partial charge >= 0.3 is 11.2 Å². The van der Waals surface area contributed by atoms with Crippen LogP contribution in [-0.4, -0.2) is 32.5 Å². The molecule has 0 radical (unpaired) electrons. The van der Waals surface area contributed by atoms with Gasteiger partial charge in [-0.05, 0) is 76.8 Å². The third-order valence-electron chi connectivity index (χ3n) is 4.62. The summed E-state index contributed by atoms with van der Waals surface area (Å²) < 4.78 is 6.29. The number of aryl methyl sites for hydroxylation is 2. The number of nitrogens with one attached hydrogen (secondary N) is 2. The molecule has 0 saturated carbocycles. The fourth-order valence-corrected chi connectivity index (χ4v) is 3.33. The Hall–Kier alpha value is -3.99. The molecule has 0 aliphatic rings. The second-order valence-electron chi connectivity index (χ2n) is 7.04. The fourth-order valence-electron chi connectivity index (χ4n) is 2.78. The highest BCUT2D eigenvalue weighted by Crippen LogP contribution is 2.26. The Morgan fingerprint density at radius 1 is 1.24 bits per heavy atom. The third kappa shape index (κ3) is 6.04. The number of carbonyl (C=O) groups excluding carboxylic acids is 1. The molecule has 3 N–H and O–H groups in total. The molecule has 11 heteroatoms. The molecule has 0 bridgehead atoms. The first-order valence-electron chi connectivity index (χ1n) is 9.59. The number of aromatic nitrogens is 2. The number of hydrogen-bond acceptors (Lipinski definition) is 7. The zero-order valence-corrected chi connectivity index (χ0v) is 19.2. The highest BCUT2D eigenvalue weighted by atomic mass is 79.9. The van der Waals surface area contributed by atoms with Crippen molar-refractivity contribution in [1.82, 2.24) is 9.97 Å². The Labute approximate surface area is 196 Å². The Balaban J connectivity index is 1.59. The number of anilines is 1. The number of carbonyl (C=O) groups is 1. The topological polar surface area (TPSA) is 147 Å². The van der Waals surface area contributed by atoms with Crippen molar-refractivity contribution in [3.63, 3.8) is 0 Å². The summed E-state index contributed by atoms with van der Waals surface area (Å²) in [5.41, 5.74) is 1.46. The van der Waals surface area contributed by atoms with E-state index >= 15 is 0 Å². The molecule has 0 aliphatic heterocycles. The maximum Gasteiger partial charge on any atom is 0.395 e. The van der Waals surface area contributed by atoms with Crippen molar-refractivity contribution in [3.8, 4) is 11.6 Å². The van der Waals surface area contributed by atoms with Crippen molar-refractivity contribution in [2.45, 2.75) is 13.8 Å². The van der Waals surface area contributed by atoms with E-state index in [0.29, 0.717) is 17.0 Å². The molecule has 3 aromatic rings. The van der Waals surface area contributed by atoms with Gasteiger partial charge in [0.2, 0.25) is 0 Å². The number of hydrogen-bond donors (Lipinski definition) is 3. The summed E-state index contributed by atoms with van der Waals surface area (Å²) in [6, 6.07) is 10.5. The van der Waals surface area contributed by atoms with E-state index in [1.807, 2.05) is 26.0 Å². The molecule has 170 valence electrons. The van der Waals surface area contributed by atoms with Gasteiger partial charge < -0.3 is 20.1 Å². The molecule has 0 aliphatic carbocycles. The van der Waals surface area contributed by atoms with E-state index in [-0.39, 0.29) is 18.3 Å². The highest BCUT2D eigenvalue weighted by Gasteiger charge is 2.21. The van der Waals surface area contributed by atoms with Gasteiger partial charge in [-0.2, -0.15) is 4.98 Å². The number of amides is 1. The first-order valence-corrected chi connectivity index (χ1v) is 10.4. The number of H-pyrrole nitrogens is 1. The van der Waals surface area contributed by atoms with Crippen molar-refractivity contribution in [2.75, 3.05) is 11.9 Å². The van der Waals surface area contributed by atoms with Crippen LogP contribution < -0.4 is 15.6 Å². The molecule has 33 heavy (non-hydrogen) atoms. The van der Waals surface area contributed by atoms with E-state index in [9.17, 15) is 24.8 Å². The molecule has 2 aromatic carbocycles. The number of halogens is 1. The molecule has 0 saturated heterocycles. The molecule has 0 unspecified atom stereocenters. The molecule has 0 atom stereocenters. The zero-order chi connectivity index (χ0) is 24.1. The van der Waals surface area contributed by atoms with E-state index in [4.69, 9.17) is 4.74 Å². The molecule has 1 heterocycles. The van der Waals surface area contributed by atoms with Crippen LogP contribution in [0.5, 0.6) is 11.6 Å². The summed E-state index contributed by atoms with van der Waals surface area (Å²) in [6.07, 6.45) is 2.97. The van der Waals surface area contributed by atoms with E-state index < -0.39 is 22.0 Å². The fraction of sp³-hybridized carbons (Fsp3) is 0.136. The molecule has 10 nitrogen and oxygen atoms in total. The van der Waals surface area contributed by atoms with E-state index in [0.717, 1.165) is 15.6 Å². The quantitative estimate of drug-likeness (QED) is 0.319. The lowest BCUT2D eigenvalue weighted by atomic mass is 10.1. The van der Waals surface area contributed by atoms with Gasteiger partial charge in [-0.3, -0.25) is 19.7 Å². The van der Waals surface area contributed by atoms with Crippen LogP contribution in [0.25, 0.3) is 12.2 Å². The number of aromatic hydroxyl groups is 1. The van der Waals surface area contributed by atoms with Crippen LogP contribution in [0, 0.1) is 24.0 Å². The van der Waals surface area contributed by atoms with E-state index in [1.165, 1.54) is 6.08 Å². The summed E-state index contributed by atoms with van der Waals surface area (Å²) in [6.45, 7) is 3.77. The second-order valence-corrected chi connectivity index (χ2v) is 7.89. The van der Waals surface area contributed by atoms with Crippen molar-refractivity contribution in [1.29, 1.82) is 0 Å². The SMILES string of the molecule is Cc1cc(Br)c(NC(=O)COc2ccc(C=Cc3nc(O)c([N+](=O)[O-])c(=O)[nH]3)cc2)cc1C. The standard InChI is InChI=1S/C22H19BrN4O6/c1-12-9-16(23)17(10-13(12)2)24-19(28)11-33-15-6-3-14(4-7-15)5-8-18-25-21(29)20(27(31)32)22(30)26-18/h3-10H,11H2,1-2H3,(H,24,28)(H2,25,26,29,30).